The van der Waals surface area contributed by atoms with Crippen molar-refractivity contribution in [3.05, 3.63) is 0 Å². The summed E-state index contributed by atoms with van der Waals surface area (Å²) in [7, 11) is -9.88. The van der Waals surface area contributed by atoms with Crippen LogP contribution in [0.3, 0.4) is 0 Å². The fourth-order valence-electron chi connectivity index (χ4n) is 9.94. The first-order chi connectivity index (χ1) is 41.0. The normalized spacial score (nSPS) is 14.2. The molecule has 0 saturated heterocycles. The second-order valence-corrected chi connectivity index (χ2v) is 27.2. The highest BCUT2D eigenvalue weighted by atomic mass is 31.2. The van der Waals surface area contributed by atoms with Crippen LogP contribution in [0.2, 0.25) is 0 Å². The van der Waals surface area contributed by atoms with Gasteiger partial charge in [0.2, 0.25) is 0 Å². The van der Waals surface area contributed by atoms with Crippen LogP contribution in [0.1, 0.15) is 336 Å². The zero-order valence-electron chi connectivity index (χ0n) is 54.7. The van der Waals surface area contributed by atoms with Gasteiger partial charge in [0.15, 0.2) is 12.2 Å². The summed E-state index contributed by atoms with van der Waals surface area (Å²) >= 11 is 0. The molecule has 504 valence electrons. The van der Waals surface area contributed by atoms with Crippen LogP contribution < -0.4 is 0 Å². The SMILES string of the molecule is CCCCCCCCCCCCCCCCCC(=O)OC[C@H](COP(=O)(O)OC[C@@H](O)COP(=O)(O)OC[C@@H](COC(=O)CCCCCCCCC)OC(=O)CCCCCCCCCC)OC(=O)CCCCCCCCCCCCCCC(C)C. The summed E-state index contributed by atoms with van der Waals surface area (Å²) in [6, 6.07) is 0. The summed E-state index contributed by atoms with van der Waals surface area (Å²) in [4.78, 5) is 72.1. The molecule has 2 unspecified atom stereocenters. The van der Waals surface area contributed by atoms with Crippen LogP contribution in [0, 0.1) is 5.92 Å². The molecule has 0 saturated carbocycles. The Kier molecular flexibility index (Phi) is 58.3. The molecule has 0 amide bonds. The number of esters is 4. The Bertz CT molecular complexity index is 1650. The molecule has 0 radical (unpaired) electrons. The molecule has 85 heavy (non-hydrogen) atoms. The van der Waals surface area contributed by atoms with Crippen molar-refractivity contribution in [1.29, 1.82) is 0 Å². The predicted molar refractivity (Wildman–Crippen MR) is 340 cm³/mol. The minimum absolute atomic E-state index is 0.105. The van der Waals surface area contributed by atoms with E-state index in [0.29, 0.717) is 25.7 Å². The summed E-state index contributed by atoms with van der Waals surface area (Å²) in [5, 5.41) is 10.5. The van der Waals surface area contributed by atoms with Gasteiger partial charge < -0.3 is 33.8 Å². The van der Waals surface area contributed by atoms with Crippen molar-refractivity contribution in [2.24, 2.45) is 5.92 Å². The quantitative estimate of drug-likeness (QED) is 0.0222. The van der Waals surface area contributed by atoms with E-state index in [0.717, 1.165) is 115 Å². The minimum Gasteiger partial charge on any atom is -0.462 e. The molecule has 0 heterocycles. The van der Waals surface area contributed by atoms with Crippen LogP contribution in [0.15, 0.2) is 0 Å². The van der Waals surface area contributed by atoms with Crippen LogP contribution in [0.25, 0.3) is 0 Å². The van der Waals surface area contributed by atoms with Gasteiger partial charge in [-0.15, -0.1) is 0 Å². The minimum atomic E-state index is -4.95. The van der Waals surface area contributed by atoms with Crippen LogP contribution in [-0.4, -0.2) is 96.7 Å². The molecule has 0 spiro atoms. The summed E-state index contributed by atoms with van der Waals surface area (Å²) < 4.78 is 67.9. The maximum Gasteiger partial charge on any atom is 0.472 e. The average Bonchev–Trinajstić information content (AvgIpc) is 3.61. The van der Waals surface area contributed by atoms with Crippen molar-refractivity contribution in [2.75, 3.05) is 39.6 Å². The molecular formula is C66H128O17P2. The van der Waals surface area contributed by atoms with E-state index in [1.807, 2.05) is 0 Å². The van der Waals surface area contributed by atoms with Gasteiger partial charge in [0, 0.05) is 25.7 Å². The van der Waals surface area contributed by atoms with E-state index in [1.165, 1.54) is 141 Å². The summed E-state index contributed by atoms with van der Waals surface area (Å²) in [5.74, 6) is -1.36. The van der Waals surface area contributed by atoms with E-state index < -0.39 is 97.5 Å². The lowest BCUT2D eigenvalue weighted by Crippen LogP contribution is -2.30. The second kappa shape index (κ2) is 59.7. The Hall–Kier alpha value is -1.94. The third-order valence-corrected chi connectivity index (χ3v) is 17.2. The maximum atomic E-state index is 13.0. The van der Waals surface area contributed by atoms with E-state index in [1.54, 1.807) is 0 Å². The molecule has 5 atom stereocenters. The third-order valence-electron chi connectivity index (χ3n) is 15.3. The fourth-order valence-corrected chi connectivity index (χ4v) is 11.5. The Morgan fingerprint density at radius 2 is 0.541 bits per heavy atom. The van der Waals surface area contributed by atoms with Crippen LogP contribution in [-0.2, 0) is 65.4 Å². The summed E-state index contributed by atoms with van der Waals surface area (Å²) in [6.45, 7) is 7.16. The molecule has 0 aliphatic carbocycles. The summed E-state index contributed by atoms with van der Waals surface area (Å²) in [6.07, 6.45) is 44.6. The number of carbonyl (C=O) groups excluding carboxylic acids is 4. The molecule has 3 N–H and O–H groups in total. The number of aliphatic hydroxyl groups is 1. The zero-order valence-corrected chi connectivity index (χ0v) is 56.5. The summed E-state index contributed by atoms with van der Waals surface area (Å²) in [5.41, 5.74) is 0. The molecule has 0 aromatic carbocycles. The van der Waals surface area contributed by atoms with E-state index in [4.69, 9.17) is 37.0 Å². The highest BCUT2D eigenvalue weighted by Crippen LogP contribution is 2.45. The number of phosphoric ester groups is 2. The first-order valence-electron chi connectivity index (χ1n) is 34.6. The zero-order chi connectivity index (χ0) is 62.8. The molecule has 19 heteroatoms. The van der Waals surface area contributed by atoms with Gasteiger partial charge in [-0.05, 0) is 31.6 Å². The third kappa shape index (κ3) is 60.7. The smallest absolute Gasteiger partial charge is 0.462 e. The maximum absolute atomic E-state index is 13.0. The van der Waals surface area contributed by atoms with E-state index in [2.05, 4.69) is 34.6 Å². The van der Waals surface area contributed by atoms with Crippen molar-refractivity contribution in [1.82, 2.24) is 0 Å². The Labute approximate surface area is 517 Å². The Morgan fingerprint density at radius 1 is 0.318 bits per heavy atom. The molecule has 0 rings (SSSR count). The van der Waals surface area contributed by atoms with Crippen molar-refractivity contribution >= 4 is 39.5 Å². The predicted octanol–water partition coefficient (Wildman–Crippen LogP) is 18.6. The Balaban J connectivity index is 5.18. The highest BCUT2D eigenvalue weighted by molar-refractivity contribution is 7.47. The van der Waals surface area contributed by atoms with Gasteiger partial charge in [0.1, 0.15) is 19.3 Å². The van der Waals surface area contributed by atoms with Crippen LogP contribution >= 0.6 is 15.6 Å². The lowest BCUT2D eigenvalue weighted by Gasteiger charge is -2.21. The largest absolute Gasteiger partial charge is 0.472 e. The Morgan fingerprint density at radius 3 is 0.800 bits per heavy atom. The standard InChI is InChI=1S/C66H128O17P2/c1-6-9-12-15-18-20-21-22-23-24-28-31-36-40-45-50-64(69)77-56-62(83-66(71)52-47-42-37-32-29-26-25-27-30-34-38-43-48-59(4)5)58-81-85(74,75)79-54-60(67)53-78-84(72,73)80-57-61(55-76-63(68)49-44-39-33-17-14-11-8-3)82-65(70)51-46-41-35-19-16-13-10-7-2/h59-62,67H,6-58H2,1-5H3,(H,72,73)(H,74,75)/t60-,61+,62+/m0/s1. The van der Waals surface area contributed by atoms with Gasteiger partial charge in [0.05, 0.1) is 26.4 Å². The molecule has 0 bridgehead atoms. The van der Waals surface area contributed by atoms with Crippen LogP contribution in [0.4, 0.5) is 0 Å². The highest BCUT2D eigenvalue weighted by Gasteiger charge is 2.30. The average molecular weight is 1260 g/mol. The van der Waals surface area contributed by atoms with Crippen molar-refractivity contribution in [3.63, 3.8) is 0 Å². The number of aliphatic hydroxyl groups excluding tert-OH is 1. The van der Waals surface area contributed by atoms with Crippen molar-refractivity contribution in [2.45, 2.75) is 355 Å². The number of rotatable bonds is 66. The van der Waals surface area contributed by atoms with Gasteiger partial charge in [-0.1, -0.05) is 285 Å². The van der Waals surface area contributed by atoms with E-state index in [9.17, 15) is 43.2 Å². The number of hydrogen-bond acceptors (Lipinski definition) is 15. The first kappa shape index (κ1) is 83.1. The number of carbonyl (C=O) groups is 4. The van der Waals surface area contributed by atoms with Crippen molar-refractivity contribution < 1.29 is 80.2 Å². The number of phosphoric acid groups is 2. The number of unbranched alkanes of at least 4 members (excludes halogenated alkanes) is 38. The van der Waals surface area contributed by atoms with Gasteiger partial charge in [-0.25, -0.2) is 9.13 Å². The number of ether oxygens (including phenoxy) is 4. The van der Waals surface area contributed by atoms with Gasteiger partial charge >= 0.3 is 39.5 Å². The monoisotopic (exact) mass is 1250 g/mol. The second-order valence-electron chi connectivity index (χ2n) is 24.3. The van der Waals surface area contributed by atoms with E-state index in [-0.39, 0.29) is 25.7 Å². The molecule has 0 fully saturated rings. The fraction of sp³-hybridized carbons (Fsp3) is 0.939. The van der Waals surface area contributed by atoms with Crippen LogP contribution in [0.5, 0.6) is 0 Å². The molecule has 0 aliphatic heterocycles. The van der Waals surface area contributed by atoms with E-state index >= 15 is 0 Å². The molecule has 0 aromatic rings. The molecular weight excluding hydrogens is 1130 g/mol. The van der Waals surface area contributed by atoms with Crippen molar-refractivity contribution in [3.8, 4) is 0 Å². The molecule has 0 aliphatic rings. The lowest BCUT2D eigenvalue weighted by atomic mass is 10.0. The van der Waals surface area contributed by atoms with Gasteiger partial charge in [-0.2, -0.15) is 0 Å². The lowest BCUT2D eigenvalue weighted by molar-refractivity contribution is -0.161. The first-order valence-corrected chi connectivity index (χ1v) is 37.6. The number of hydrogen-bond donors (Lipinski definition) is 3. The molecule has 0 aromatic heterocycles. The topological polar surface area (TPSA) is 237 Å². The van der Waals surface area contributed by atoms with Gasteiger partial charge in [0.25, 0.3) is 0 Å². The molecule has 17 nitrogen and oxygen atoms in total. The van der Waals surface area contributed by atoms with Gasteiger partial charge in [-0.3, -0.25) is 37.3 Å².